The average molecular weight is 474 g/mol. The highest BCUT2D eigenvalue weighted by molar-refractivity contribution is 7.92. The summed E-state index contributed by atoms with van der Waals surface area (Å²) >= 11 is 0. The molecule has 0 aromatic heterocycles. The van der Waals surface area contributed by atoms with Crippen LogP contribution in [-0.4, -0.2) is 53.2 Å². The van der Waals surface area contributed by atoms with Crippen LogP contribution in [0.2, 0.25) is 0 Å². The second kappa shape index (κ2) is 9.68. The van der Waals surface area contributed by atoms with Gasteiger partial charge in [0.15, 0.2) is 0 Å². The van der Waals surface area contributed by atoms with Crippen molar-refractivity contribution in [1.82, 2.24) is 5.32 Å². The highest BCUT2D eigenvalue weighted by atomic mass is 32.2. The Kier molecular flexibility index (Phi) is 7.46. The van der Waals surface area contributed by atoms with Gasteiger partial charge in [-0.15, -0.1) is 0 Å². The number of hydrogen-bond acceptors (Lipinski definition) is 7. The summed E-state index contributed by atoms with van der Waals surface area (Å²) in [5, 5.41) is 1.64. The highest BCUT2D eigenvalue weighted by Gasteiger charge is 2.29. The van der Waals surface area contributed by atoms with Gasteiger partial charge in [0.05, 0.1) is 36.6 Å². The number of anilines is 1. The van der Waals surface area contributed by atoms with Crippen LogP contribution in [-0.2, 0) is 19.5 Å². The summed E-state index contributed by atoms with van der Waals surface area (Å²) < 4.78 is 74.4. The second-order valence-corrected chi connectivity index (χ2v) is 7.79. The van der Waals surface area contributed by atoms with Crippen LogP contribution in [0.1, 0.15) is 31.1 Å². The van der Waals surface area contributed by atoms with E-state index in [0.717, 1.165) is 44.6 Å². The first-order valence-corrected chi connectivity index (χ1v) is 10.2. The molecule has 0 fully saturated rings. The third-order valence-corrected chi connectivity index (χ3v) is 5.37. The van der Waals surface area contributed by atoms with E-state index >= 15 is 0 Å². The number of benzene rings is 2. The molecule has 0 radical (unpaired) electrons. The first-order chi connectivity index (χ1) is 14.9. The van der Waals surface area contributed by atoms with Crippen LogP contribution in [0.5, 0.6) is 0 Å². The Morgan fingerprint density at radius 3 is 2.16 bits per heavy atom. The van der Waals surface area contributed by atoms with Crippen LogP contribution in [0.25, 0.3) is 0 Å². The van der Waals surface area contributed by atoms with Gasteiger partial charge in [0.2, 0.25) is 0 Å². The zero-order valence-corrected chi connectivity index (χ0v) is 17.5. The van der Waals surface area contributed by atoms with Crippen molar-refractivity contribution in [2.45, 2.75) is 11.1 Å². The fourth-order valence-electron chi connectivity index (χ4n) is 2.51. The largest absolute Gasteiger partial charge is 0.465 e. The van der Waals surface area contributed by atoms with Crippen molar-refractivity contribution in [3.63, 3.8) is 0 Å². The van der Waals surface area contributed by atoms with Crippen molar-refractivity contribution < 1.29 is 45.4 Å². The van der Waals surface area contributed by atoms with Crippen molar-refractivity contribution >= 4 is 33.6 Å². The highest BCUT2D eigenvalue weighted by Crippen LogP contribution is 2.25. The molecular weight excluding hydrogens is 457 g/mol. The molecule has 0 atom stereocenters. The number of halogens is 3. The quantitative estimate of drug-likeness (QED) is 0.590. The monoisotopic (exact) mass is 474 g/mol. The molecule has 0 aliphatic carbocycles. The molecule has 0 saturated carbocycles. The standard InChI is InChI=1S/C19H17F3N2O7S/c1-30-17(26)11-7-8-13(18(27)31-2)15(9-11)32(28,29)24-14-6-4-3-5-12(14)16(25)23-10-19(20,21)22/h3-9,24H,10H2,1-2H3,(H,23,25). The van der Waals surface area contributed by atoms with Crippen LogP contribution in [0.3, 0.4) is 0 Å². The molecule has 0 unspecified atom stereocenters. The Hall–Kier alpha value is -3.61. The van der Waals surface area contributed by atoms with Gasteiger partial charge in [-0.25, -0.2) is 18.0 Å². The Labute approximate surface area is 180 Å². The molecule has 2 rings (SSSR count). The normalized spacial score (nSPS) is 11.4. The number of alkyl halides is 3. The minimum atomic E-state index is -4.67. The van der Waals surface area contributed by atoms with E-state index in [0.29, 0.717) is 0 Å². The molecule has 2 aromatic rings. The van der Waals surface area contributed by atoms with Crippen molar-refractivity contribution in [2.75, 3.05) is 25.5 Å². The maximum Gasteiger partial charge on any atom is 0.405 e. The summed E-state index contributed by atoms with van der Waals surface area (Å²) in [7, 11) is -2.54. The minimum Gasteiger partial charge on any atom is -0.465 e. The van der Waals surface area contributed by atoms with E-state index < -0.39 is 56.6 Å². The van der Waals surface area contributed by atoms with Gasteiger partial charge in [-0.05, 0) is 30.3 Å². The molecule has 32 heavy (non-hydrogen) atoms. The fraction of sp³-hybridized carbons (Fsp3) is 0.211. The van der Waals surface area contributed by atoms with E-state index in [1.807, 2.05) is 0 Å². The van der Waals surface area contributed by atoms with Gasteiger partial charge in [0, 0.05) is 0 Å². The number of nitrogens with one attached hydrogen (secondary N) is 2. The van der Waals surface area contributed by atoms with Gasteiger partial charge in [-0.1, -0.05) is 12.1 Å². The zero-order chi connectivity index (χ0) is 24.1. The van der Waals surface area contributed by atoms with Gasteiger partial charge in [-0.2, -0.15) is 13.2 Å². The predicted octanol–water partition coefficient (Wildman–Crippen LogP) is 2.35. The van der Waals surface area contributed by atoms with Gasteiger partial charge >= 0.3 is 18.1 Å². The number of methoxy groups -OCH3 is 2. The molecular formula is C19H17F3N2O7S. The number of ether oxygens (including phenoxy) is 2. The molecule has 1 amide bonds. The summed E-state index contributed by atoms with van der Waals surface area (Å²) in [5.41, 5.74) is -1.38. The van der Waals surface area contributed by atoms with E-state index in [1.165, 1.54) is 12.1 Å². The Balaban J connectivity index is 2.49. The first kappa shape index (κ1) is 24.7. The number of esters is 2. The van der Waals surface area contributed by atoms with Gasteiger partial charge in [0.25, 0.3) is 15.9 Å². The molecule has 0 bridgehead atoms. The lowest BCUT2D eigenvalue weighted by Crippen LogP contribution is -2.34. The molecule has 0 saturated heterocycles. The smallest absolute Gasteiger partial charge is 0.405 e. The molecule has 13 heteroatoms. The Morgan fingerprint density at radius 2 is 1.56 bits per heavy atom. The van der Waals surface area contributed by atoms with Crippen molar-refractivity contribution in [1.29, 1.82) is 0 Å². The van der Waals surface area contributed by atoms with Crippen molar-refractivity contribution in [2.24, 2.45) is 0 Å². The number of hydrogen-bond donors (Lipinski definition) is 2. The minimum absolute atomic E-state index is 0.197. The number of rotatable bonds is 7. The lowest BCUT2D eigenvalue weighted by molar-refractivity contribution is -0.123. The van der Waals surface area contributed by atoms with E-state index in [1.54, 1.807) is 5.32 Å². The van der Waals surface area contributed by atoms with E-state index in [9.17, 15) is 36.0 Å². The lowest BCUT2D eigenvalue weighted by atomic mass is 10.1. The van der Waals surface area contributed by atoms with Crippen LogP contribution in [0.4, 0.5) is 18.9 Å². The van der Waals surface area contributed by atoms with E-state index in [-0.39, 0.29) is 11.3 Å². The maximum atomic E-state index is 13.0. The first-order valence-electron chi connectivity index (χ1n) is 8.67. The fourth-order valence-corrected chi connectivity index (χ4v) is 3.81. The van der Waals surface area contributed by atoms with Gasteiger partial charge in [0.1, 0.15) is 11.4 Å². The predicted molar refractivity (Wildman–Crippen MR) is 105 cm³/mol. The topological polar surface area (TPSA) is 128 Å². The molecule has 0 heterocycles. The molecule has 0 aliphatic heterocycles. The van der Waals surface area contributed by atoms with Crippen molar-refractivity contribution in [3.8, 4) is 0 Å². The number of sulfonamides is 1. The SMILES string of the molecule is COC(=O)c1ccc(C(=O)OC)c(S(=O)(=O)Nc2ccccc2C(=O)NCC(F)(F)F)c1. The van der Waals surface area contributed by atoms with Gasteiger partial charge in [-0.3, -0.25) is 9.52 Å². The molecule has 172 valence electrons. The average Bonchev–Trinajstić information content (AvgIpc) is 2.75. The number of carbonyl (C=O) groups is 3. The van der Waals surface area contributed by atoms with E-state index in [2.05, 4.69) is 14.2 Å². The Morgan fingerprint density at radius 1 is 0.938 bits per heavy atom. The summed E-state index contributed by atoms with van der Waals surface area (Å²) in [6.45, 7) is -1.62. The van der Waals surface area contributed by atoms with E-state index in [4.69, 9.17) is 0 Å². The van der Waals surface area contributed by atoms with Crippen LogP contribution >= 0.6 is 0 Å². The summed E-state index contributed by atoms with van der Waals surface area (Å²) in [6.07, 6.45) is -4.67. The number of amides is 1. The molecule has 0 spiro atoms. The molecule has 2 N–H and O–H groups in total. The van der Waals surface area contributed by atoms with Crippen molar-refractivity contribution in [3.05, 3.63) is 59.2 Å². The number of carbonyl (C=O) groups excluding carboxylic acids is 3. The zero-order valence-electron chi connectivity index (χ0n) is 16.6. The molecule has 9 nitrogen and oxygen atoms in total. The van der Waals surface area contributed by atoms with Crippen LogP contribution < -0.4 is 10.0 Å². The lowest BCUT2D eigenvalue weighted by Gasteiger charge is -2.15. The number of para-hydroxylation sites is 1. The van der Waals surface area contributed by atoms with Crippen LogP contribution in [0.15, 0.2) is 47.4 Å². The maximum absolute atomic E-state index is 13.0. The third kappa shape index (κ3) is 5.97. The third-order valence-electron chi connectivity index (χ3n) is 3.96. The molecule has 2 aromatic carbocycles. The summed E-state index contributed by atoms with van der Waals surface area (Å²) in [6, 6.07) is 7.96. The second-order valence-electron chi connectivity index (χ2n) is 6.14. The Bertz CT molecular complexity index is 1150. The van der Waals surface area contributed by atoms with Gasteiger partial charge < -0.3 is 14.8 Å². The summed E-state index contributed by atoms with van der Waals surface area (Å²) in [4.78, 5) is 35.3. The summed E-state index contributed by atoms with van der Waals surface area (Å²) in [5.74, 6) is -3.10. The molecule has 0 aliphatic rings. The van der Waals surface area contributed by atoms with Crippen LogP contribution in [0, 0.1) is 0 Å².